The largest absolute Gasteiger partial charge is 0.493 e. The normalized spacial score (nSPS) is 24.6. The Morgan fingerprint density at radius 3 is 2.35 bits per heavy atom. The van der Waals surface area contributed by atoms with Crippen molar-refractivity contribution < 1.29 is 14.2 Å². The molecular weight excluding hydrogens is 290 g/mol. The van der Waals surface area contributed by atoms with Gasteiger partial charge in [-0.1, -0.05) is 42.5 Å². The van der Waals surface area contributed by atoms with E-state index in [4.69, 9.17) is 14.2 Å². The molecule has 2 aromatic rings. The molecule has 1 saturated heterocycles. The van der Waals surface area contributed by atoms with Crippen molar-refractivity contribution in [1.82, 2.24) is 4.90 Å². The highest BCUT2D eigenvalue weighted by molar-refractivity contribution is 5.48. The fraction of sp³-hybridized carbons (Fsp3) is 0.368. The highest BCUT2D eigenvalue weighted by Crippen LogP contribution is 2.45. The third kappa shape index (κ3) is 2.80. The van der Waals surface area contributed by atoms with Gasteiger partial charge >= 0.3 is 0 Å². The smallest absolute Gasteiger partial charge is 0.167 e. The van der Waals surface area contributed by atoms with E-state index in [1.54, 1.807) is 14.2 Å². The Kier molecular flexibility index (Phi) is 4.55. The number of hydrogen-bond donors (Lipinski definition) is 0. The van der Waals surface area contributed by atoms with Gasteiger partial charge in [0.15, 0.2) is 11.5 Å². The van der Waals surface area contributed by atoms with Gasteiger partial charge in [-0.15, -0.1) is 0 Å². The molecule has 0 spiro atoms. The molecule has 3 atom stereocenters. The van der Waals surface area contributed by atoms with Gasteiger partial charge in [0.05, 0.1) is 14.2 Å². The van der Waals surface area contributed by atoms with E-state index in [1.165, 1.54) is 5.56 Å². The Morgan fingerprint density at radius 2 is 1.70 bits per heavy atom. The first-order valence-corrected chi connectivity index (χ1v) is 7.80. The minimum absolute atomic E-state index is 0.0297. The average Bonchev–Trinajstić information content (AvgIpc) is 2.90. The third-order valence-electron chi connectivity index (χ3n) is 4.55. The van der Waals surface area contributed by atoms with Gasteiger partial charge in [-0.25, -0.2) is 0 Å². The Hall–Kier alpha value is -2.04. The molecule has 4 nitrogen and oxygen atoms in total. The summed E-state index contributed by atoms with van der Waals surface area (Å²) in [7, 11) is 5.39. The summed E-state index contributed by atoms with van der Waals surface area (Å²) in [5, 5.41) is 0. The lowest BCUT2D eigenvalue weighted by molar-refractivity contribution is 0.00395. The number of benzene rings is 2. The molecule has 1 unspecified atom stereocenters. The molecule has 1 aliphatic rings. The number of likely N-dealkylation sites (N-methyl/N-ethyl adjacent to an activating group) is 1. The summed E-state index contributed by atoms with van der Waals surface area (Å²) in [6.45, 7) is 2.18. The van der Waals surface area contributed by atoms with Gasteiger partial charge < -0.3 is 14.2 Å². The van der Waals surface area contributed by atoms with E-state index in [-0.39, 0.29) is 18.4 Å². The van der Waals surface area contributed by atoms with Gasteiger partial charge in [-0.2, -0.15) is 0 Å². The zero-order valence-electron chi connectivity index (χ0n) is 14.0. The molecule has 1 aliphatic heterocycles. The zero-order chi connectivity index (χ0) is 16.4. The molecule has 3 rings (SSSR count). The van der Waals surface area contributed by atoms with Gasteiger partial charge in [-0.05, 0) is 25.6 Å². The van der Waals surface area contributed by atoms with E-state index in [1.807, 2.05) is 36.4 Å². The lowest BCUT2D eigenvalue weighted by Crippen LogP contribution is -2.27. The maximum atomic E-state index is 6.39. The summed E-state index contributed by atoms with van der Waals surface area (Å²) in [5.41, 5.74) is 2.18. The highest BCUT2D eigenvalue weighted by Gasteiger charge is 2.40. The molecule has 122 valence electrons. The first kappa shape index (κ1) is 15.8. The predicted molar refractivity (Wildman–Crippen MR) is 89.8 cm³/mol. The van der Waals surface area contributed by atoms with E-state index in [0.717, 1.165) is 17.1 Å². The summed E-state index contributed by atoms with van der Waals surface area (Å²) in [5.74, 6) is 1.45. The predicted octanol–water partition coefficient (Wildman–Crippen LogP) is 3.79. The van der Waals surface area contributed by atoms with Crippen molar-refractivity contribution in [3.8, 4) is 11.5 Å². The zero-order valence-corrected chi connectivity index (χ0v) is 14.0. The van der Waals surface area contributed by atoms with E-state index in [9.17, 15) is 0 Å². The minimum atomic E-state index is -0.166. The van der Waals surface area contributed by atoms with Crippen LogP contribution in [0.25, 0.3) is 0 Å². The van der Waals surface area contributed by atoms with Crippen molar-refractivity contribution in [2.24, 2.45) is 0 Å². The van der Waals surface area contributed by atoms with Crippen molar-refractivity contribution in [1.29, 1.82) is 0 Å². The van der Waals surface area contributed by atoms with E-state index in [0.29, 0.717) is 0 Å². The van der Waals surface area contributed by atoms with Gasteiger partial charge in [0.1, 0.15) is 12.3 Å². The van der Waals surface area contributed by atoms with Gasteiger partial charge in [0, 0.05) is 11.6 Å². The summed E-state index contributed by atoms with van der Waals surface area (Å²) in [6.07, 6.45) is -0.137. The Morgan fingerprint density at radius 1 is 0.957 bits per heavy atom. The van der Waals surface area contributed by atoms with Crippen LogP contribution in [0.4, 0.5) is 0 Å². The van der Waals surface area contributed by atoms with Crippen LogP contribution in [-0.2, 0) is 4.74 Å². The Balaban J connectivity index is 1.96. The van der Waals surface area contributed by atoms with Crippen LogP contribution in [0.5, 0.6) is 11.5 Å². The number of ether oxygens (including phenoxy) is 3. The van der Waals surface area contributed by atoms with Crippen LogP contribution < -0.4 is 9.47 Å². The molecule has 4 heteroatoms. The number of methoxy groups -OCH3 is 2. The summed E-state index contributed by atoms with van der Waals surface area (Å²) < 4.78 is 17.4. The maximum Gasteiger partial charge on any atom is 0.167 e. The molecule has 2 aromatic carbocycles. The molecule has 0 saturated carbocycles. The third-order valence-corrected chi connectivity index (χ3v) is 4.55. The van der Waals surface area contributed by atoms with Crippen molar-refractivity contribution in [3.05, 3.63) is 59.7 Å². The van der Waals surface area contributed by atoms with Crippen LogP contribution in [0.2, 0.25) is 0 Å². The highest BCUT2D eigenvalue weighted by atomic mass is 16.5. The molecule has 1 heterocycles. The first-order valence-electron chi connectivity index (χ1n) is 7.80. The second kappa shape index (κ2) is 6.60. The monoisotopic (exact) mass is 313 g/mol. The second-order valence-corrected chi connectivity index (χ2v) is 5.81. The SMILES string of the molecule is COc1cccc(C2O[C@H](c3ccccc3)[C@H](C)N2C)c1OC. The summed E-state index contributed by atoms with van der Waals surface area (Å²) in [4.78, 5) is 2.23. The quantitative estimate of drug-likeness (QED) is 0.859. The van der Waals surface area contributed by atoms with Crippen molar-refractivity contribution >= 4 is 0 Å². The van der Waals surface area contributed by atoms with Crippen LogP contribution >= 0.6 is 0 Å². The molecule has 0 aromatic heterocycles. The van der Waals surface area contributed by atoms with Crippen LogP contribution in [-0.4, -0.2) is 32.2 Å². The van der Waals surface area contributed by atoms with E-state index in [2.05, 4.69) is 31.0 Å². The summed E-state index contributed by atoms with van der Waals surface area (Å²) >= 11 is 0. The van der Waals surface area contributed by atoms with Crippen LogP contribution in [0.1, 0.15) is 30.4 Å². The number of rotatable bonds is 4. The first-order chi connectivity index (χ1) is 11.2. The van der Waals surface area contributed by atoms with E-state index >= 15 is 0 Å². The van der Waals surface area contributed by atoms with Gasteiger partial charge in [0.25, 0.3) is 0 Å². The van der Waals surface area contributed by atoms with Crippen molar-refractivity contribution in [3.63, 3.8) is 0 Å². The Bertz CT molecular complexity index is 659. The van der Waals surface area contributed by atoms with Gasteiger partial charge in [0.2, 0.25) is 0 Å². The Labute approximate surface area is 137 Å². The van der Waals surface area contributed by atoms with Crippen molar-refractivity contribution in [2.45, 2.75) is 25.3 Å². The molecular formula is C19H23NO3. The van der Waals surface area contributed by atoms with E-state index < -0.39 is 0 Å². The van der Waals surface area contributed by atoms with Crippen LogP contribution in [0.15, 0.2) is 48.5 Å². The average molecular weight is 313 g/mol. The topological polar surface area (TPSA) is 30.9 Å². The van der Waals surface area contributed by atoms with Crippen molar-refractivity contribution in [2.75, 3.05) is 21.3 Å². The van der Waals surface area contributed by atoms with Crippen LogP contribution in [0.3, 0.4) is 0 Å². The number of para-hydroxylation sites is 1. The lowest BCUT2D eigenvalue weighted by Gasteiger charge is -2.23. The second-order valence-electron chi connectivity index (χ2n) is 5.81. The maximum absolute atomic E-state index is 6.39. The fourth-order valence-electron chi connectivity index (χ4n) is 3.17. The molecule has 1 fully saturated rings. The molecule has 23 heavy (non-hydrogen) atoms. The number of nitrogens with zero attached hydrogens (tertiary/aromatic N) is 1. The molecule has 0 radical (unpaired) electrons. The van der Waals surface area contributed by atoms with Crippen LogP contribution in [0, 0.1) is 0 Å². The number of hydrogen-bond acceptors (Lipinski definition) is 4. The minimum Gasteiger partial charge on any atom is -0.493 e. The summed E-state index contributed by atoms with van der Waals surface area (Å²) in [6, 6.07) is 16.5. The lowest BCUT2D eigenvalue weighted by atomic mass is 10.0. The molecule has 0 N–H and O–H groups in total. The standard InChI is InChI=1S/C19H23NO3/c1-13-17(14-9-6-5-7-10-14)23-19(20(13)2)15-11-8-12-16(21-3)18(15)22-4/h5-13,17,19H,1-4H3/t13-,17-,19?/m0/s1. The van der Waals surface area contributed by atoms with Gasteiger partial charge in [-0.3, -0.25) is 4.90 Å². The molecule has 0 bridgehead atoms. The molecule has 0 amide bonds. The fourth-order valence-corrected chi connectivity index (χ4v) is 3.17. The molecule has 0 aliphatic carbocycles.